The summed E-state index contributed by atoms with van der Waals surface area (Å²) in [6.07, 6.45) is 0.933. The third-order valence-corrected chi connectivity index (χ3v) is 3.12. The number of hydrogen-bond donors (Lipinski definition) is 2. The van der Waals surface area contributed by atoms with Crippen LogP contribution in [0.5, 0.6) is 0 Å². The summed E-state index contributed by atoms with van der Waals surface area (Å²) in [5.41, 5.74) is 1.58. The van der Waals surface area contributed by atoms with Gasteiger partial charge in [0.15, 0.2) is 0 Å². The van der Waals surface area contributed by atoms with Crippen molar-refractivity contribution in [3.63, 3.8) is 0 Å². The quantitative estimate of drug-likeness (QED) is 0.384. The second-order valence-corrected chi connectivity index (χ2v) is 5.24. The molecule has 1 aliphatic heterocycles. The third-order valence-electron chi connectivity index (χ3n) is 3.12. The van der Waals surface area contributed by atoms with Gasteiger partial charge in [0.25, 0.3) is 0 Å². The minimum Gasteiger partial charge on any atom is -0.345 e. The maximum Gasteiger partial charge on any atom is 0.240 e. The first kappa shape index (κ1) is 13.9. The van der Waals surface area contributed by atoms with E-state index in [2.05, 4.69) is 5.43 Å². The van der Waals surface area contributed by atoms with Gasteiger partial charge in [-0.05, 0) is 20.3 Å². The van der Waals surface area contributed by atoms with Crippen molar-refractivity contribution in [2.75, 3.05) is 33.2 Å². The summed E-state index contributed by atoms with van der Waals surface area (Å²) in [4.78, 5) is 27.0. The second kappa shape index (κ2) is 5.46. The first-order valence-electron chi connectivity index (χ1n) is 5.84. The molecule has 6 nitrogen and oxygen atoms in total. The van der Waals surface area contributed by atoms with Crippen molar-refractivity contribution in [3.8, 4) is 0 Å². The molecule has 6 heteroatoms. The Hall–Kier alpha value is -1.14. The Morgan fingerprint density at radius 2 is 2.12 bits per heavy atom. The van der Waals surface area contributed by atoms with E-state index in [4.69, 9.17) is 5.84 Å². The smallest absolute Gasteiger partial charge is 0.240 e. The van der Waals surface area contributed by atoms with Crippen LogP contribution in [0.1, 0.15) is 20.3 Å². The highest BCUT2D eigenvalue weighted by molar-refractivity contribution is 5.82. The molecule has 1 rings (SSSR count). The average Bonchev–Trinajstić information content (AvgIpc) is 2.40. The lowest BCUT2D eigenvalue weighted by molar-refractivity contribution is -0.133. The predicted octanol–water partition coefficient (Wildman–Crippen LogP) is -0.833. The molecule has 0 bridgehead atoms. The lowest BCUT2D eigenvalue weighted by atomic mass is 9.91. The summed E-state index contributed by atoms with van der Waals surface area (Å²) in [7, 11) is 1.81. The van der Waals surface area contributed by atoms with E-state index in [1.54, 1.807) is 4.90 Å². The van der Waals surface area contributed by atoms with Gasteiger partial charge in [-0.25, -0.2) is 5.84 Å². The summed E-state index contributed by atoms with van der Waals surface area (Å²) in [5, 5.41) is 0. The van der Waals surface area contributed by atoms with Crippen LogP contribution in [0.3, 0.4) is 0 Å². The van der Waals surface area contributed by atoms with Crippen molar-refractivity contribution in [1.82, 2.24) is 15.2 Å². The van der Waals surface area contributed by atoms with Crippen LogP contribution in [0.4, 0.5) is 0 Å². The summed E-state index contributed by atoms with van der Waals surface area (Å²) in [5.74, 6) is 5.05. The van der Waals surface area contributed by atoms with Crippen LogP contribution in [0, 0.1) is 5.41 Å². The SMILES string of the molecule is CN1CCCN(CC(C)(C)C(=O)NN)CC1=O. The van der Waals surface area contributed by atoms with Gasteiger partial charge in [0.2, 0.25) is 11.8 Å². The molecule has 0 aromatic heterocycles. The maximum atomic E-state index is 11.7. The van der Waals surface area contributed by atoms with E-state index >= 15 is 0 Å². The van der Waals surface area contributed by atoms with E-state index in [1.807, 2.05) is 25.8 Å². The van der Waals surface area contributed by atoms with Gasteiger partial charge in [0.1, 0.15) is 0 Å². The standard InChI is InChI=1S/C11H22N4O2/c1-11(2,10(17)13-12)8-15-6-4-5-14(3)9(16)7-15/h4-8,12H2,1-3H3,(H,13,17). The minimum atomic E-state index is -0.585. The molecule has 0 aliphatic carbocycles. The Bertz CT molecular complexity index is 304. The number of hydrogen-bond acceptors (Lipinski definition) is 4. The summed E-state index contributed by atoms with van der Waals surface area (Å²) in [6, 6.07) is 0. The van der Waals surface area contributed by atoms with E-state index in [1.165, 1.54) is 0 Å². The number of hydrazine groups is 1. The number of amides is 2. The van der Waals surface area contributed by atoms with E-state index in [0.29, 0.717) is 13.1 Å². The molecule has 3 N–H and O–H groups in total. The Morgan fingerprint density at radius 3 is 2.71 bits per heavy atom. The molecule has 1 heterocycles. The lowest BCUT2D eigenvalue weighted by Gasteiger charge is -2.29. The number of likely N-dealkylation sites (N-methyl/N-ethyl adjacent to an activating group) is 1. The zero-order chi connectivity index (χ0) is 13.1. The van der Waals surface area contributed by atoms with Crippen molar-refractivity contribution in [3.05, 3.63) is 0 Å². The van der Waals surface area contributed by atoms with E-state index in [0.717, 1.165) is 19.5 Å². The van der Waals surface area contributed by atoms with Gasteiger partial charge in [-0.2, -0.15) is 0 Å². The average molecular weight is 242 g/mol. The highest BCUT2D eigenvalue weighted by Gasteiger charge is 2.31. The number of rotatable bonds is 3. The van der Waals surface area contributed by atoms with Gasteiger partial charge >= 0.3 is 0 Å². The highest BCUT2D eigenvalue weighted by atomic mass is 16.2. The second-order valence-electron chi connectivity index (χ2n) is 5.24. The van der Waals surface area contributed by atoms with Crippen molar-refractivity contribution >= 4 is 11.8 Å². The first-order valence-corrected chi connectivity index (χ1v) is 5.84. The molecule has 0 saturated carbocycles. The van der Waals surface area contributed by atoms with Gasteiger partial charge in [-0.1, -0.05) is 0 Å². The van der Waals surface area contributed by atoms with Gasteiger partial charge in [0.05, 0.1) is 12.0 Å². The van der Waals surface area contributed by atoms with E-state index < -0.39 is 5.41 Å². The number of carbonyl (C=O) groups excluding carboxylic acids is 2. The van der Waals surface area contributed by atoms with Gasteiger partial charge in [0, 0.05) is 26.7 Å². The van der Waals surface area contributed by atoms with Crippen LogP contribution in [-0.4, -0.2) is 54.8 Å². The molecule has 0 aromatic rings. The number of nitrogens with zero attached hydrogens (tertiary/aromatic N) is 2. The molecule has 0 spiro atoms. The Kier molecular flexibility index (Phi) is 4.47. The predicted molar refractivity (Wildman–Crippen MR) is 64.8 cm³/mol. The fraction of sp³-hybridized carbons (Fsp3) is 0.818. The number of carbonyl (C=O) groups is 2. The zero-order valence-electron chi connectivity index (χ0n) is 10.8. The fourth-order valence-corrected chi connectivity index (χ4v) is 2.01. The van der Waals surface area contributed by atoms with Crippen LogP contribution in [0.2, 0.25) is 0 Å². The summed E-state index contributed by atoms with van der Waals surface area (Å²) >= 11 is 0. The molecule has 1 saturated heterocycles. The van der Waals surface area contributed by atoms with Gasteiger partial charge in [-0.3, -0.25) is 19.9 Å². The van der Waals surface area contributed by atoms with Crippen molar-refractivity contribution in [1.29, 1.82) is 0 Å². The van der Waals surface area contributed by atoms with Crippen molar-refractivity contribution in [2.45, 2.75) is 20.3 Å². The molecule has 0 unspecified atom stereocenters. The third kappa shape index (κ3) is 3.67. The molecule has 0 atom stereocenters. The minimum absolute atomic E-state index is 0.103. The van der Waals surface area contributed by atoms with Crippen molar-refractivity contribution < 1.29 is 9.59 Å². The van der Waals surface area contributed by atoms with Crippen LogP contribution in [-0.2, 0) is 9.59 Å². The molecule has 0 radical (unpaired) electrons. The van der Waals surface area contributed by atoms with Crippen LogP contribution >= 0.6 is 0 Å². The molecular weight excluding hydrogens is 220 g/mol. The molecule has 98 valence electrons. The number of nitrogens with one attached hydrogen (secondary N) is 1. The Labute approximate surface area is 102 Å². The van der Waals surface area contributed by atoms with Gasteiger partial charge in [-0.15, -0.1) is 0 Å². The monoisotopic (exact) mass is 242 g/mol. The highest BCUT2D eigenvalue weighted by Crippen LogP contribution is 2.18. The van der Waals surface area contributed by atoms with E-state index in [-0.39, 0.29) is 11.8 Å². The van der Waals surface area contributed by atoms with Crippen LogP contribution in [0.15, 0.2) is 0 Å². The fourth-order valence-electron chi connectivity index (χ4n) is 2.01. The van der Waals surface area contributed by atoms with E-state index in [9.17, 15) is 9.59 Å². The maximum absolute atomic E-state index is 11.7. The normalized spacial score (nSPS) is 19.1. The lowest BCUT2D eigenvalue weighted by Crippen LogP contribution is -2.48. The molecule has 1 fully saturated rings. The van der Waals surface area contributed by atoms with Crippen LogP contribution < -0.4 is 11.3 Å². The molecule has 1 aliphatic rings. The molecule has 17 heavy (non-hydrogen) atoms. The Balaban J connectivity index is 2.62. The largest absolute Gasteiger partial charge is 0.345 e. The summed E-state index contributed by atoms with van der Waals surface area (Å²) < 4.78 is 0. The van der Waals surface area contributed by atoms with Crippen molar-refractivity contribution in [2.24, 2.45) is 11.3 Å². The molecular formula is C11H22N4O2. The first-order chi connectivity index (χ1) is 7.86. The Morgan fingerprint density at radius 1 is 1.47 bits per heavy atom. The number of nitrogens with two attached hydrogens (primary N) is 1. The molecule has 0 aromatic carbocycles. The zero-order valence-corrected chi connectivity index (χ0v) is 10.8. The topological polar surface area (TPSA) is 78.7 Å². The van der Waals surface area contributed by atoms with Crippen LogP contribution in [0.25, 0.3) is 0 Å². The molecule has 2 amide bonds. The summed E-state index contributed by atoms with van der Waals surface area (Å²) in [6.45, 7) is 6.17. The van der Waals surface area contributed by atoms with Gasteiger partial charge < -0.3 is 4.90 Å².